The standard InChI is InChI=1S/C11H11N3O4/c1-6-3-9(15)14(4-8-12-5-18-13-8)7(2)10(6)11(16)17/h3,5H,4H2,1-2H3,(H,16,17). The normalized spacial score (nSPS) is 10.6. The molecule has 0 aromatic carbocycles. The van der Waals surface area contributed by atoms with Crippen LogP contribution in [0.2, 0.25) is 0 Å². The average Bonchev–Trinajstić information content (AvgIpc) is 2.75. The monoisotopic (exact) mass is 249 g/mol. The number of nitrogens with zero attached hydrogens (tertiary/aromatic N) is 3. The third-order valence-corrected chi connectivity index (χ3v) is 2.69. The number of aromatic nitrogens is 3. The largest absolute Gasteiger partial charge is 0.478 e. The molecule has 0 fully saturated rings. The molecule has 0 unspecified atom stereocenters. The number of carboxylic acid groups (broad SMARTS) is 1. The third kappa shape index (κ3) is 2.02. The summed E-state index contributed by atoms with van der Waals surface area (Å²) < 4.78 is 5.88. The average molecular weight is 249 g/mol. The number of hydrogen-bond donors (Lipinski definition) is 1. The molecular weight excluding hydrogens is 238 g/mol. The fourth-order valence-corrected chi connectivity index (χ4v) is 1.84. The molecule has 0 spiro atoms. The molecule has 0 bridgehead atoms. The van der Waals surface area contributed by atoms with Crippen molar-refractivity contribution in [2.24, 2.45) is 0 Å². The van der Waals surface area contributed by atoms with Gasteiger partial charge in [0.2, 0.25) is 6.39 Å². The second kappa shape index (κ2) is 4.44. The van der Waals surface area contributed by atoms with Gasteiger partial charge in [0.25, 0.3) is 5.56 Å². The summed E-state index contributed by atoms with van der Waals surface area (Å²) in [4.78, 5) is 26.8. The first-order valence-corrected chi connectivity index (χ1v) is 5.20. The lowest BCUT2D eigenvalue weighted by molar-refractivity contribution is 0.0694. The topological polar surface area (TPSA) is 98.2 Å². The summed E-state index contributed by atoms with van der Waals surface area (Å²) in [5.41, 5.74) is 0.643. The molecule has 2 aromatic heterocycles. The zero-order valence-corrected chi connectivity index (χ0v) is 9.88. The van der Waals surface area contributed by atoms with E-state index < -0.39 is 5.97 Å². The zero-order chi connectivity index (χ0) is 13.3. The second-order valence-corrected chi connectivity index (χ2v) is 3.86. The molecule has 7 nitrogen and oxygen atoms in total. The van der Waals surface area contributed by atoms with Gasteiger partial charge in [-0.25, -0.2) is 4.79 Å². The maximum atomic E-state index is 11.8. The summed E-state index contributed by atoms with van der Waals surface area (Å²) in [7, 11) is 0. The number of carboxylic acids is 1. The van der Waals surface area contributed by atoms with E-state index in [9.17, 15) is 9.59 Å². The molecule has 7 heteroatoms. The van der Waals surface area contributed by atoms with Gasteiger partial charge in [-0.2, -0.15) is 4.98 Å². The molecule has 0 aliphatic heterocycles. The summed E-state index contributed by atoms with van der Waals surface area (Å²) in [5, 5.41) is 12.7. The quantitative estimate of drug-likeness (QED) is 0.855. The van der Waals surface area contributed by atoms with E-state index in [0.717, 1.165) is 6.39 Å². The van der Waals surface area contributed by atoms with Crippen molar-refractivity contribution in [3.63, 3.8) is 0 Å². The summed E-state index contributed by atoms with van der Waals surface area (Å²) in [6.07, 6.45) is 1.15. The minimum atomic E-state index is -1.06. The Bertz CT molecular complexity index is 643. The molecule has 2 aromatic rings. The Labute approximate surface area is 102 Å². The molecule has 2 rings (SSSR count). The molecule has 0 atom stereocenters. The number of rotatable bonds is 3. The van der Waals surface area contributed by atoms with Crippen molar-refractivity contribution >= 4 is 5.97 Å². The maximum Gasteiger partial charge on any atom is 0.337 e. The van der Waals surface area contributed by atoms with Gasteiger partial charge in [0.15, 0.2) is 5.82 Å². The molecule has 0 amide bonds. The van der Waals surface area contributed by atoms with Crippen molar-refractivity contribution in [1.82, 2.24) is 14.7 Å². The Kier molecular flexibility index (Phi) is 2.97. The minimum Gasteiger partial charge on any atom is -0.478 e. The molecule has 94 valence electrons. The van der Waals surface area contributed by atoms with Gasteiger partial charge in [-0.3, -0.25) is 4.79 Å². The fourth-order valence-electron chi connectivity index (χ4n) is 1.84. The molecular formula is C11H11N3O4. The lowest BCUT2D eigenvalue weighted by Crippen LogP contribution is -2.26. The highest BCUT2D eigenvalue weighted by molar-refractivity contribution is 5.90. The van der Waals surface area contributed by atoms with Gasteiger partial charge in [0, 0.05) is 11.8 Å². The molecule has 1 N–H and O–H groups in total. The highest BCUT2D eigenvalue weighted by Crippen LogP contribution is 2.11. The van der Waals surface area contributed by atoms with Crippen molar-refractivity contribution in [3.05, 3.63) is 45.5 Å². The van der Waals surface area contributed by atoms with E-state index in [1.54, 1.807) is 13.8 Å². The van der Waals surface area contributed by atoms with Crippen LogP contribution in [0.5, 0.6) is 0 Å². The molecule has 0 aliphatic rings. The summed E-state index contributed by atoms with van der Waals surface area (Å²) in [6.45, 7) is 3.26. The van der Waals surface area contributed by atoms with Crippen molar-refractivity contribution < 1.29 is 14.4 Å². The number of aromatic carboxylic acids is 1. The van der Waals surface area contributed by atoms with E-state index in [1.165, 1.54) is 10.6 Å². The second-order valence-electron chi connectivity index (χ2n) is 3.86. The van der Waals surface area contributed by atoms with Gasteiger partial charge < -0.3 is 14.2 Å². The van der Waals surface area contributed by atoms with Crippen LogP contribution >= 0.6 is 0 Å². The van der Waals surface area contributed by atoms with Crippen LogP contribution in [-0.2, 0) is 6.54 Å². The highest BCUT2D eigenvalue weighted by Gasteiger charge is 2.16. The third-order valence-electron chi connectivity index (χ3n) is 2.69. The van der Waals surface area contributed by atoms with Crippen molar-refractivity contribution in [2.75, 3.05) is 0 Å². The Morgan fingerprint density at radius 1 is 1.50 bits per heavy atom. The van der Waals surface area contributed by atoms with Crippen LogP contribution in [-0.4, -0.2) is 25.8 Å². The molecule has 18 heavy (non-hydrogen) atoms. The molecule has 0 radical (unpaired) electrons. The lowest BCUT2D eigenvalue weighted by Gasteiger charge is -2.12. The first-order chi connectivity index (χ1) is 8.50. The summed E-state index contributed by atoms with van der Waals surface area (Å²) in [5.74, 6) is -0.743. The smallest absolute Gasteiger partial charge is 0.337 e. The van der Waals surface area contributed by atoms with E-state index in [4.69, 9.17) is 5.11 Å². The zero-order valence-electron chi connectivity index (χ0n) is 9.88. The molecule has 0 saturated carbocycles. The van der Waals surface area contributed by atoms with Crippen LogP contribution in [0.15, 0.2) is 21.8 Å². The van der Waals surface area contributed by atoms with E-state index >= 15 is 0 Å². The van der Waals surface area contributed by atoms with E-state index in [-0.39, 0.29) is 17.7 Å². The maximum absolute atomic E-state index is 11.8. The predicted molar refractivity (Wildman–Crippen MR) is 60.5 cm³/mol. The molecule has 0 saturated heterocycles. The Hall–Kier alpha value is -2.44. The number of hydrogen-bond acceptors (Lipinski definition) is 5. The van der Waals surface area contributed by atoms with E-state index in [2.05, 4.69) is 14.7 Å². The lowest BCUT2D eigenvalue weighted by atomic mass is 10.1. The van der Waals surface area contributed by atoms with Gasteiger partial charge in [-0.15, -0.1) is 0 Å². The fraction of sp³-hybridized carbons (Fsp3) is 0.273. The van der Waals surface area contributed by atoms with Crippen molar-refractivity contribution in [3.8, 4) is 0 Å². The SMILES string of the molecule is Cc1cc(=O)n(Cc2ncon2)c(C)c1C(=O)O. The number of carbonyl (C=O) groups is 1. The van der Waals surface area contributed by atoms with Gasteiger partial charge in [0.05, 0.1) is 12.1 Å². The minimum absolute atomic E-state index is 0.0850. The van der Waals surface area contributed by atoms with Crippen LogP contribution < -0.4 is 5.56 Å². The van der Waals surface area contributed by atoms with Crippen LogP contribution in [0.25, 0.3) is 0 Å². The number of aryl methyl sites for hydroxylation is 1. The molecule has 2 heterocycles. The van der Waals surface area contributed by atoms with Gasteiger partial charge in [0.1, 0.15) is 0 Å². The molecule has 0 aliphatic carbocycles. The van der Waals surface area contributed by atoms with Crippen LogP contribution in [0.3, 0.4) is 0 Å². The van der Waals surface area contributed by atoms with Crippen LogP contribution in [0.1, 0.15) is 27.4 Å². The summed E-state index contributed by atoms with van der Waals surface area (Å²) in [6, 6.07) is 1.29. The van der Waals surface area contributed by atoms with Gasteiger partial charge in [-0.1, -0.05) is 5.16 Å². The van der Waals surface area contributed by atoms with Gasteiger partial charge >= 0.3 is 5.97 Å². The van der Waals surface area contributed by atoms with Crippen LogP contribution in [0, 0.1) is 13.8 Å². The van der Waals surface area contributed by atoms with E-state index in [1.807, 2.05) is 0 Å². The first-order valence-electron chi connectivity index (χ1n) is 5.20. The Morgan fingerprint density at radius 3 is 2.78 bits per heavy atom. The van der Waals surface area contributed by atoms with Gasteiger partial charge in [-0.05, 0) is 19.4 Å². The Morgan fingerprint density at radius 2 is 2.22 bits per heavy atom. The first kappa shape index (κ1) is 12.0. The van der Waals surface area contributed by atoms with Crippen molar-refractivity contribution in [2.45, 2.75) is 20.4 Å². The van der Waals surface area contributed by atoms with E-state index in [0.29, 0.717) is 17.1 Å². The Balaban J connectivity index is 2.57. The number of pyridine rings is 1. The van der Waals surface area contributed by atoms with Crippen LogP contribution in [0.4, 0.5) is 0 Å². The predicted octanol–water partition coefficient (Wildman–Crippen LogP) is 0.595. The van der Waals surface area contributed by atoms with Crippen molar-refractivity contribution in [1.29, 1.82) is 0 Å². The summed E-state index contributed by atoms with van der Waals surface area (Å²) >= 11 is 0. The highest BCUT2D eigenvalue weighted by atomic mass is 16.5.